The maximum Gasteiger partial charge on any atom is 0.262 e. The second-order valence-corrected chi connectivity index (χ2v) is 7.55. The Balaban J connectivity index is 1.49. The molecule has 0 atom stereocenters. The quantitative estimate of drug-likeness (QED) is 0.680. The topological polar surface area (TPSA) is 32.8 Å². The lowest BCUT2D eigenvalue weighted by molar-refractivity contribution is 0.0833. The first-order chi connectivity index (χ1) is 13.8. The van der Waals surface area contributed by atoms with Crippen LogP contribution in [0.4, 0.5) is 0 Å². The monoisotopic (exact) mass is 376 g/mol. The van der Waals surface area contributed by atoms with Crippen molar-refractivity contribution in [1.82, 2.24) is 9.80 Å². The molecule has 28 heavy (non-hydrogen) atoms. The number of para-hydroxylation sites is 1. The number of carbonyl (C=O) groups is 1. The first kappa shape index (κ1) is 18.8. The van der Waals surface area contributed by atoms with Crippen LogP contribution in [0.3, 0.4) is 0 Å². The summed E-state index contributed by atoms with van der Waals surface area (Å²) in [6.07, 6.45) is 7.81. The Morgan fingerprint density at radius 3 is 2.36 bits per heavy atom. The minimum Gasteiger partial charge on any atom is -0.462 e. The van der Waals surface area contributed by atoms with Crippen molar-refractivity contribution in [3.63, 3.8) is 0 Å². The number of nitrogens with zero attached hydrogens (tertiary/aromatic N) is 2. The van der Waals surface area contributed by atoms with Gasteiger partial charge in [-0.2, -0.15) is 0 Å². The number of likely N-dealkylation sites (tertiary alicyclic amines) is 1. The van der Waals surface area contributed by atoms with Gasteiger partial charge in [-0.3, -0.25) is 4.79 Å². The number of carbonyl (C=O) groups excluding carboxylic acids is 1. The van der Waals surface area contributed by atoms with Crippen LogP contribution < -0.4 is 4.74 Å². The van der Waals surface area contributed by atoms with Gasteiger partial charge in [0.25, 0.3) is 5.91 Å². The van der Waals surface area contributed by atoms with E-state index in [-0.39, 0.29) is 5.91 Å². The van der Waals surface area contributed by atoms with Gasteiger partial charge < -0.3 is 14.5 Å². The summed E-state index contributed by atoms with van der Waals surface area (Å²) in [6.45, 7) is 4.27. The third-order valence-electron chi connectivity index (χ3n) is 5.58. The highest BCUT2D eigenvalue weighted by Gasteiger charge is 2.26. The fourth-order valence-corrected chi connectivity index (χ4v) is 4.03. The molecular weight excluding hydrogens is 348 g/mol. The molecule has 2 aliphatic rings. The van der Waals surface area contributed by atoms with E-state index in [2.05, 4.69) is 4.90 Å². The number of hydrogen-bond donors (Lipinski definition) is 0. The average Bonchev–Trinajstić information content (AvgIpc) is 2.90. The van der Waals surface area contributed by atoms with Gasteiger partial charge >= 0.3 is 0 Å². The van der Waals surface area contributed by atoms with E-state index >= 15 is 0 Å². The van der Waals surface area contributed by atoms with Crippen molar-refractivity contribution in [2.75, 3.05) is 26.2 Å². The smallest absolute Gasteiger partial charge is 0.262 e. The first-order valence-electron chi connectivity index (χ1n) is 10.4. The molecule has 4 heteroatoms. The largest absolute Gasteiger partial charge is 0.462 e. The minimum atomic E-state index is 0.0150. The second-order valence-electron chi connectivity index (χ2n) is 7.55. The molecule has 0 bridgehead atoms. The molecule has 2 heterocycles. The fourth-order valence-electron chi connectivity index (χ4n) is 4.03. The van der Waals surface area contributed by atoms with E-state index in [0.717, 1.165) is 30.6 Å². The minimum absolute atomic E-state index is 0.0150. The number of rotatable bonds is 6. The van der Waals surface area contributed by atoms with Crippen molar-refractivity contribution in [2.24, 2.45) is 0 Å². The third kappa shape index (κ3) is 4.28. The zero-order valence-corrected chi connectivity index (χ0v) is 16.3. The number of unbranched alkanes of at least 4 members (excludes halogenated alkanes) is 1. The zero-order valence-electron chi connectivity index (χ0n) is 16.3. The van der Waals surface area contributed by atoms with Crippen molar-refractivity contribution in [2.45, 2.75) is 32.1 Å². The molecule has 0 aromatic heterocycles. The molecule has 0 unspecified atom stereocenters. The van der Waals surface area contributed by atoms with Crippen LogP contribution in [0.1, 0.15) is 48.0 Å². The van der Waals surface area contributed by atoms with Gasteiger partial charge in [0.15, 0.2) is 0 Å². The highest BCUT2D eigenvalue weighted by Crippen LogP contribution is 2.30. The number of amides is 1. The van der Waals surface area contributed by atoms with Crippen molar-refractivity contribution >= 4 is 11.6 Å². The Bertz CT molecular complexity index is 826. The molecule has 4 rings (SSSR count). The molecule has 2 aromatic rings. The van der Waals surface area contributed by atoms with E-state index in [1.54, 1.807) is 6.26 Å². The fraction of sp³-hybridized carbons (Fsp3) is 0.375. The van der Waals surface area contributed by atoms with E-state index in [4.69, 9.17) is 4.74 Å². The maximum atomic E-state index is 13.3. The SMILES string of the molecule is O=C1c2ccccc2OC=C(c2ccccc2)N1CCCCN1CCCCC1. The van der Waals surface area contributed by atoms with Crippen molar-refractivity contribution in [1.29, 1.82) is 0 Å². The summed E-state index contributed by atoms with van der Waals surface area (Å²) in [5.74, 6) is 0.637. The van der Waals surface area contributed by atoms with E-state index in [0.29, 0.717) is 17.9 Å². The zero-order chi connectivity index (χ0) is 19.2. The van der Waals surface area contributed by atoms with Crippen molar-refractivity contribution in [3.8, 4) is 5.75 Å². The van der Waals surface area contributed by atoms with Crippen LogP contribution in [0.2, 0.25) is 0 Å². The summed E-state index contributed by atoms with van der Waals surface area (Å²) in [5, 5.41) is 0. The highest BCUT2D eigenvalue weighted by atomic mass is 16.5. The standard InChI is InChI=1S/C24H28N2O2/c27-24-21-13-5-6-14-23(21)28-19-22(20-11-3-1-4-12-20)26(24)18-10-9-17-25-15-7-2-8-16-25/h1,3-6,11-14,19H,2,7-10,15-18H2. The van der Waals surface area contributed by atoms with Gasteiger partial charge in [-0.05, 0) is 57.5 Å². The molecule has 2 aromatic carbocycles. The van der Waals surface area contributed by atoms with Gasteiger partial charge in [0, 0.05) is 12.1 Å². The Morgan fingerprint density at radius 1 is 0.821 bits per heavy atom. The van der Waals surface area contributed by atoms with Crippen LogP contribution in [0.5, 0.6) is 5.75 Å². The van der Waals surface area contributed by atoms with Gasteiger partial charge in [0.05, 0.1) is 11.3 Å². The second kappa shape index (κ2) is 9.07. The van der Waals surface area contributed by atoms with Crippen LogP contribution in [-0.4, -0.2) is 41.9 Å². The number of hydrogen-bond acceptors (Lipinski definition) is 3. The van der Waals surface area contributed by atoms with Gasteiger partial charge in [0.2, 0.25) is 0 Å². The Hall–Kier alpha value is -2.59. The molecule has 1 fully saturated rings. The van der Waals surface area contributed by atoms with Gasteiger partial charge in [0.1, 0.15) is 12.0 Å². The highest BCUT2D eigenvalue weighted by molar-refractivity contribution is 6.02. The number of fused-ring (bicyclic) bond motifs is 1. The van der Waals surface area contributed by atoms with Crippen LogP contribution in [0.25, 0.3) is 5.70 Å². The summed E-state index contributed by atoms with van der Waals surface area (Å²) in [7, 11) is 0. The Kier molecular flexibility index (Phi) is 6.07. The van der Waals surface area contributed by atoms with Gasteiger partial charge in [-0.1, -0.05) is 48.9 Å². The number of piperidine rings is 1. The lowest BCUT2D eigenvalue weighted by Crippen LogP contribution is -2.32. The lowest BCUT2D eigenvalue weighted by atomic mass is 10.1. The molecule has 0 saturated carbocycles. The molecule has 146 valence electrons. The number of ether oxygens (including phenoxy) is 1. The van der Waals surface area contributed by atoms with E-state index in [1.165, 1.54) is 32.4 Å². The predicted octanol–water partition coefficient (Wildman–Crippen LogP) is 4.79. The third-order valence-corrected chi connectivity index (χ3v) is 5.58. The van der Waals surface area contributed by atoms with Gasteiger partial charge in [-0.15, -0.1) is 0 Å². The Morgan fingerprint density at radius 2 is 1.54 bits per heavy atom. The van der Waals surface area contributed by atoms with Gasteiger partial charge in [-0.25, -0.2) is 0 Å². The molecule has 0 spiro atoms. The molecular formula is C24H28N2O2. The average molecular weight is 377 g/mol. The van der Waals surface area contributed by atoms with Crippen molar-refractivity contribution < 1.29 is 9.53 Å². The van der Waals surface area contributed by atoms with E-state index in [1.807, 2.05) is 59.5 Å². The van der Waals surface area contributed by atoms with E-state index in [9.17, 15) is 4.79 Å². The summed E-state index contributed by atoms with van der Waals surface area (Å²) < 4.78 is 5.88. The van der Waals surface area contributed by atoms with E-state index < -0.39 is 0 Å². The van der Waals surface area contributed by atoms with Crippen molar-refractivity contribution in [3.05, 3.63) is 72.0 Å². The maximum absolute atomic E-state index is 13.3. The summed E-state index contributed by atoms with van der Waals surface area (Å²) in [4.78, 5) is 17.8. The van der Waals surface area contributed by atoms with Crippen LogP contribution >= 0.6 is 0 Å². The molecule has 0 N–H and O–H groups in total. The Labute approximate surface area is 167 Å². The normalized spacial score (nSPS) is 17.5. The van der Waals surface area contributed by atoms with Crippen LogP contribution in [0, 0.1) is 0 Å². The molecule has 1 amide bonds. The molecule has 1 saturated heterocycles. The summed E-state index contributed by atoms with van der Waals surface area (Å²) in [6, 6.07) is 17.5. The molecule has 4 nitrogen and oxygen atoms in total. The molecule has 0 radical (unpaired) electrons. The van der Waals surface area contributed by atoms with Crippen LogP contribution in [0.15, 0.2) is 60.9 Å². The molecule has 2 aliphatic heterocycles. The van der Waals surface area contributed by atoms with Crippen LogP contribution in [-0.2, 0) is 0 Å². The molecule has 0 aliphatic carbocycles. The lowest BCUT2D eigenvalue weighted by Gasteiger charge is -2.27. The first-order valence-corrected chi connectivity index (χ1v) is 10.4. The summed E-state index contributed by atoms with van der Waals surface area (Å²) in [5.41, 5.74) is 2.46. The number of benzene rings is 2. The summed E-state index contributed by atoms with van der Waals surface area (Å²) >= 11 is 0. The predicted molar refractivity (Wildman–Crippen MR) is 112 cm³/mol.